The highest BCUT2D eigenvalue weighted by atomic mass is 35.5. The van der Waals surface area contributed by atoms with Gasteiger partial charge in [-0.1, -0.05) is 67.9 Å². The molecule has 3 rings (SSSR count). The highest BCUT2D eigenvalue weighted by Crippen LogP contribution is 2.19. The van der Waals surface area contributed by atoms with Crippen LogP contribution in [-0.2, 0) is 6.42 Å². The Morgan fingerprint density at radius 1 is 1.00 bits per heavy atom. The predicted molar refractivity (Wildman–Crippen MR) is 101 cm³/mol. The van der Waals surface area contributed by atoms with Crippen molar-refractivity contribution in [2.24, 2.45) is 5.92 Å². The van der Waals surface area contributed by atoms with E-state index in [1.165, 1.54) is 11.1 Å². The number of nitrogens with zero attached hydrogens (tertiary/aromatic N) is 1. The SMILES string of the molecule is CC(C)Cc1cccc(/C=C/c2ccc3ccc(Cl)cc3n2)c1. The number of benzene rings is 2. The van der Waals surface area contributed by atoms with Gasteiger partial charge < -0.3 is 0 Å². The van der Waals surface area contributed by atoms with E-state index in [9.17, 15) is 0 Å². The van der Waals surface area contributed by atoms with Crippen molar-refractivity contribution < 1.29 is 0 Å². The minimum Gasteiger partial charge on any atom is -0.248 e. The largest absolute Gasteiger partial charge is 0.248 e. The van der Waals surface area contributed by atoms with Crippen LogP contribution >= 0.6 is 11.6 Å². The summed E-state index contributed by atoms with van der Waals surface area (Å²) < 4.78 is 0. The van der Waals surface area contributed by atoms with Crippen molar-refractivity contribution in [2.75, 3.05) is 0 Å². The third-order valence-corrected chi connectivity index (χ3v) is 3.95. The van der Waals surface area contributed by atoms with Gasteiger partial charge in [-0.15, -0.1) is 0 Å². The molecule has 0 saturated heterocycles. The molecule has 1 aromatic heterocycles. The zero-order chi connectivity index (χ0) is 16.2. The molecule has 0 unspecified atom stereocenters. The number of aromatic nitrogens is 1. The lowest BCUT2D eigenvalue weighted by Crippen LogP contribution is -1.93. The first-order chi connectivity index (χ1) is 11.1. The smallest absolute Gasteiger partial charge is 0.0724 e. The number of halogens is 1. The van der Waals surface area contributed by atoms with Gasteiger partial charge >= 0.3 is 0 Å². The maximum atomic E-state index is 6.04. The van der Waals surface area contributed by atoms with E-state index in [0.717, 1.165) is 23.0 Å². The first-order valence-electron chi connectivity index (χ1n) is 7.93. The average Bonchev–Trinajstić information content (AvgIpc) is 2.52. The van der Waals surface area contributed by atoms with Crippen LogP contribution in [0.15, 0.2) is 54.6 Å². The molecule has 3 aromatic rings. The Labute approximate surface area is 142 Å². The number of rotatable bonds is 4. The number of hydrogen-bond donors (Lipinski definition) is 0. The maximum Gasteiger partial charge on any atom is 0.0724 e. The van der Waals surface area contributed by atoms with Crippen LogP contribution in [0.5, 0.6) is 0 Å². The van der Waals surface area contributed by atoms with Gasteiger partial charge in [0.15, 0.2) is 0 Å². The molecular weight excluding hydrogens is 302 g/mol. The topological polar surface area (TPSA) is 12.9 Å². The second-order valence-corrected chi connectivity index (χ2v) is 6.69. The lowest BCUT2D eigenvalue weighted by molar-refractivity contribution is 0.647. The average molecular weight is 322 g/mol. The van der Waals surface area contributed by atoms with Gasteiger partial charge in [0.05, 0.1) is 11.2 Å². The molecule has 0 saturated carbocycles. The lowest BCUT2D eigenvalue weighted by atomic mass is 10.0. The summed E-state index contributed by atoms with van der Waals surface area (Å²) in [6.07, 6.45) is 5.27. The zero-order valence-corrected chi connectivity index (χ0v) is 14.2. The van der Waals surface area contributed by atoms with Crippen molar-refractivity contribution in [3.05, 3.63) is 76.4 Å². The van der Waals surface area contributed by atoms with Gasteiger partial charge in [0.2, 0.25) is 0 Å². The summed E-state index contributed by atoms with van der Waals surface area (Å²) >= 11 is 6.04. The molecule has 2 aromatic carbocycles. The van der Waals surface area contributed by atoms with Gasteiger partial charge in [-0.2, -0.15) is 0 Å². The van der Waals surface area contributed by atoms with Crippen LogP contribution in [0.2, 0.25) is 5.02 Å². The molecule has 0 spiro atoms. The third kappa shape index (κ3) is 4.20. The van der Waals surface area contributed by atoms with Crippen LogP contribution in [0.4, 0.5) is 0 Å². The molecule has 0 radical (unpaired) electrons. The molecule has 0 aliphatic heterocycles. The number of fused-ring (bicyclic) bond motifs is 1. The molecule has 2 heteroatoms. The molecule has 0 aliphatic rings. The normalized spacial score (nSPS) is 11.7. The van der Waals surface area contributed by atoms with E-state index in [1.807, 2.05) is 24.3 Å². The van der Waals surface area contributed by atoms with Crippen LogP contribution in [-0.4, -0.2) is 4.98 Å². The van der Waals surface area contributed by atoms with Gasteiger partial charge in [-0.05, 0) is 47.7 Å². The van der Waals surface area contributed by atoms with E-state index >= 15 is 0 Å². The van der Waals surface area contributed by atoms with Crippen LogP contribution in [0, 0.1) is 5.92 Å². The summed E-state index contributed by atoms with van der Waals surface area (Å²) in [5, 5.41) is 1.82. The zero-order valence-electron chi connectivity index (χ0n) is 13.5. The highest BCUT2D eigenvalue weighted by Gasteiger charge is 1.99. The predicted octanol–water partition coefficient (Wildman–Crippen LogP) is 6.26. The molecule has 0 bridgehead atoms. The van der Waals surface area contributed by atoms with Crippen LogP contribution < -0.4 is 0 Å². The Hall–Kier alpha value is -2.12. The Balaban J connectivity index is 1.84. The van der Waals surface area contributed by atoms with Crippen molar-refractivity contribution in [2.45, 2.75) is 20.3 Å². The van der Waals surface area contributed by atoms with Gasteiger partial charge in [0, 0.05) is 10.4 Å². The highest BCUT2D eigenvalue weighted by molar-refractivity contribution is 6.31. The quantitative estimate of drug-likeness (QED) is 0.553. The van der Waals surface area contributed by atoms with Crippen LogP contribution in [0.25, 0.3) is 23.1 Å². The fourth-order valence-electron chi connectivity index (χ4n) is 2.68. The molecule has 116 valence electrons. The summed E-state index contributed by atoms with van der Waals surface area (Å²) in [5.41, 5.74) is 4.44. The Morgan fingerprint density at radius 2 is 1.83 bits per heavy atom. The van der Waals surface area contributed by atoms with Crippen LogP contribution in [0.1, 0.15) is 30.7 Å². The molecule has 0 aliphatic carbocycles. The van der Waals surface area contributed by atoms with E-state index in [2.05, 4.69) is 61.3 Å². The van der Waals surface area contributed by atoms with Gasteiger partial charge in [-0.25, -0.2) is 4.98 Å². The van der Waals surface area contributed by atoms with E-state index in [4.69, 9.17) is 11.6 Å². The molecule has 0 N–H and O–H groups in total. The minimum absolute atomic E-state index is 0.668. The van der Waals surface area contributed by atoms with Gasteiger partial charge in [-0.3, -0.25) is 0 Å². The second kappa shape index (κ2) is 6.97. The van der Waals surface area contributed by atoms with E-state index in [-0.39, 0.29) is 0 Å². The molecular formula is C21H20ClN. The first-order valence-corrected chi connectivity index (χ1v) is 8.31. The molecule has 1 nitrogen and oxygen atoms in total. The van der Waals surface area contributed by atoms with Crippen LogP contribution in [0.3, 0.4) is 0 Å². The van der Waals surface area contributed by atoms with Crippen molar-refractivity contribution in [3.63, 3.8) is 0 Å². The van der Waals surface area contributed by atoms with Crippen molar-refractivity contribution >= 4 is 34.7 Å². The van der Waals surface area contributed by atoms with Crippen molar-refractivity contribution in [1.82, 2.24) is 4.98 Å². The fourth-order valence-corrected chi connectivity index (χ4v) is 2.84. The lowest BCUT2D eigenvalue weighted by Gasteiger charge is -2.05. The summed E-state index contributed by atoms with van der Waals surface area (Å²) in [7, 11) is 0. The molecule has 0 atom stereocenters. The summed E-state index contributed by atoms with van der Waals surface area (Å²) in [4.78, 5) is 4.65. The Bertz CT molecular complexity index is 849. The van der Waals surface area contributed by atoms with E-state index < -0.39 is 0 Å². The Morgan fingerprint density at radius 3 is 2.65 bits per heavy atom. The van der Waals surface area contributed by atoms with E-state index in [0.29, 0.717) is 10.9 Å². The summed E-state index contributed by atoms with van der Waals surface area (Å²) in [5.74, 6) is 0.668. The Kier molecular flexibility index (Phi) is 4.78. The van der Waals surface area contributed by atoms with Gasteiger partial charge in [0.1, 0.15) is 0 Å². The monoisotopic (exact) mass is 321 g/mol. The first kappa shape index (κ1) is 15.8. The van der Waals surface area contributed by atoms with Gasteiger partial charge in [0.25, 0.3) is 0 Å². The molecule has 23 heavy (non-hydrogen) atoms. The third-order valence-electron chi connectivity index (χ3n) is 3.72. The van der Waals surface area contributed by atoms with E-state index in [1.54, 1.807) is 0 Å². The molecule has 0 amide bonds. The summed E-state index contributed by atoms with van der Waals surface area (Å²) in [6, 6.07) is 18.6. The standard InChI is InChI=1S/C21H20ClN/c1-15(2)12-17-5-3-4-16(13-17)6-10-20-11-8-18-7-9-19(22)14-21(18)23-20/h3-11,13-15H,12H2,1-2H3/b10-6+. The minimum atomic E-state index is 0.668. The fraction of sp³-hybridized carbons (Fsp3) is 0.190. The van der Waals surface area contributed by atoms with Crippen molar-refractivity contribution in [1.29, 1.82) is 0 Å². The van der Waals surface area contributed by atoms with Crippen molar-refractivity contribution in [3.8, 4) is 0 Å². The number of pyridine rings is 1. The molecule has 0 fully saturated rings. The maximum absolute atomic E-state index is 6.04. The second-order valence-electron chi connectivity index (χ2n) is 6.25. The molecule has 1 heterocycles. The number of hydrogen-bond acceptors (Lipinski definition) is 1. The summed E-state index contributed by atoms with van der Waals surface area (Å²) in [6.45, 7) is 4.49.